The lowest BCUT2D eigenvalue weighted by Crippen LogP contribution is -1.98. The van der Waals surface area contributed by atoms with Crippen molar-refractivity contribution in [1.82, 2.24) is 0 Å². The van der Waals surface area contributed by atoms with Crippen molar-refractivity contribution in [3.63, 3.8) is 0 Å². The van der Waals surface area contributed by atoms with Crippen LogP contribution in [0.2, 0.25) is 0 Å². The van der Waals surface area contributed by atoms with Crippen LogP contribution in [0.5, 0.6) is 0 Å². The topological polar surface area (TPSA) is 35.5 Å². The molecule has 0 rings (SSSR count). The van der Waals surface area contributed by atoms with Crippen molar-refractivity contribution >= 4 is 8.69 Å². The molecule has 3 nitrogen and oxygen atoms in total. The maximum Gasteiger partial charge on any atom is 0.494 e. The van der Waals surface area contributed by atoms with Crippen molar-refractivity contribution in [1.29, 1.82) is 0 Å². The summed E-state index contributed by atoms with van der Waals surface area (Å²) >= 11 is 0. The van der Waals surface area contributed by atoms with Gasteiger partial charge in [0.2, 0.25) is 0 Å². The van der Waals surface area contributed by atoms with Crippen molar-refractivity contribution in [2.45, 2.75) is 0 Å². The Morgan fingerprint density at radius 2 is 2.33 bits per heavy atom. The second-order valence-electron chi connectivity index (χ2n) is 1.30. The van der Waals surface area contributed by atoms with Gasteiger partial charge in [-0.25, -0.2) is 0 Å². The summed E-state index contributed by atoms with van der Waals surface area (Å²) in [5.41, 5.74) is 0. The first kappa shape index (κ1) is 8.76. The molecule has 52 valence electrons. The zero-order valence-corrected chi connectivity index (χ0v) is 6.13. The van der Waals surface area contributed by atoms with E-state index < -0.39 is 8.69 Å². The van der Waals surface area contributed by atoms with Crippen LogP contribution in [-0.4, -0.2) is 19.8 Å². The first-order valence-electron chi connectivity index (χ1n) is 2.59. The highest BCUT2D eigenvalue weighted by atomic mass is 31.1. The van der Waals surface area contributed by atoms with Crippen molar-refractivity contribution in [3.8, 4) is 0 Å². The zero-order valence-electron chi connectivity index (χ0n) is 5.13. The summed E-state index contributed by atoms with van der Waals surface area (Å²) in [5, 5.41) is 0. The molecule has 9 heavy (non-hydrogen) atoms. The van der Waals surface area contributed by atoms with Gasteiger partial charge in [0.15, 0.2) is 0 Å². The lowest BCUT2D eigenvalue weighted by molar-refractivity contribution is 0.126. The van der Waals surface area contributed by atoms with E-state index in [1.54, 1.807) is 6.08 Å². The molecule has 0 aliphatic heterocycles. The zero-order chi connectivity index (χ0) is 6.95. The molecule has 0 spiro atoms. The Hall–Kier alpha value is -0.240. The Balaban J connectivity index is 2.74. The Bertz CT molecular complexity index is 74.3. The number of hydrogen-bond acceptors (Lipinski definition) is 3. The lowest BCUT2D eigenvalue weighted by Gasteiger charge is -1.92. The minimum absolute atomic E-state index is 0.385. The number of rotatable bonds is 6. The fraction of sp³-hybridized carbons (Fsp3) is 0.600. The molecule has 4 heteroatoms. The van der Waals surface area contributed by atoms with Crippen LogP contribution in [-0.2, 0) is 13.8 Å². The molecule has 0 saturated carbocycles. The average molecular weight is 149 g/mol. The highest BCUT2D eigenvalue weighted by molar-refractivity contribution is 7.17. The first-order valence-corrected chi connectivity index (χ1v) is 3.41. The van der Waals surface area contributed by atoms with Crippen LogP contribution in [0.4, 0.5) is 0 Å². The largest absolute Gasteiger partial charge is 0.494 e. The van der Waals surface area contributed by atoms with Gasteiger partial charge in [-0.3, -0.25) is 0 Å². The van der Waals surface area contributed by atoms with Gasteiger partial charge < -0.3 is 4.74 Å². The van der Waals surface area contributed by atoms with Gasteiger partial charge in [-0.1, -0.05) is 6.08 Å². The van der Waals surface area contributed by atoms with Gasteiger partial charge >= 0.3 is 8.69 Å². The summed E-state index contributed by atoms with van der Waals surface area (Å²) in [4.78, 5) is 0. The molecule has 0 bridgehead atoms. The van der Waals surface area contributed by atoms with Crippen LogP contribution in [0, 0.1) is 0 Å². The third-order valence-corrected chi connectivity index (χ3v) is 0.946. The van der Waals surface area contributed by atoms with E-state index in [-0.39, 0.29) is 0 Å². The molecule has 1 atom stereocenters. The predicted octanol–water partition coefficient (Wildman–Crippen LogP) is 1.14. The van der Waals surface area contributed by atoms with E-state index in [1.165, 1.54) is 0 Å². The third-order valence-electron chi connectivity index (χ3n) is 0.624. The molecular formula is C5H10O3P+. The van der Waals surface area contributed by atoms with Gasteiger partial charge in [0.1, 0.15) is 6.61 Å². The molecule has 0 saturated heterocycles. The standard InChI is InChI=1S/C5H10O3P/c1-2-3-7-4-5-8-9-6/h2,9H,1,3-5H2/q+1. The van der Waals surface area contributed by atoms with Crippen molar-refractivity contribution in [2.24, 2.45) is 0 Å². The lowest BCUT2D eigenvalue weighted by atomic mass is 10.7. The van der Waals surface area contributed by atoms with Crippen LogP contribution in [0.25, 0.3) is 0 Å². The number of hydrogen-bond donors (Lipinski definition) is 0. The van der Waals surface area contributed by atoms with Crippen molar-refractivity contribution < 1.29 is 13.8 Å². The van der Waals surface area contributed by atoms with E-state index in [1.807, 2.05) is 0 Å². The van der Waals surface area contributed by atoms with Crippen molar-refractivity contribution in [3.05, 3.63) is 12.7 Å². The van der Waals surface area contributed by atoms with E-state index in [2.05, 4.69) is 11.1 Å². The van der Waals surface area contributed by atoms with E-state index in [0.717, 1.165) is 0 Å². The summed E-state index contributed by atoms with van der Waals surface area (Å²) in [6, 6.07) is 0. The third kappa shape index (κ3) is 7.76. The molecule has 0 aromatic rings. The van der Waals surface area contributed by atoms with Gasteiger partial charge in [0, 0.05) is 0 Å². The summed E-state index contributed by atoms with van der Waals surface area (Å²) in [5.74, 6) is 0. The summed E-state index contributed by atoms with van der Waals surface area (Å²) in [6.45, 7) is 4.83. The SMILES string of the molecule is C=CCOCCO[PH+]=O. The molecule has 0 aliphatic rings. The first-order chi connectivity index (χ1) is 4.41. The van der Waals surface area contributed by atoms with Crippen LogP contribution < -0.4 is 0 Å². The van der Waals surface area contributed by atoms with Crippen LogP contribution in [0.3, 0.4) is 0 Å². The average Bonchev–Trinajstić information content (AvgIpc) is 1.89. The minimum Gasteiger partial charge on any atom is -0.375 e. The second kappa shape index (κ2) is 7.76. The Kier molecular flexibility index (Phi) is 7.55. The molecule has 0 N–H and O–H groups in total. The van der Waals surface area contributed by atoms with E-state index >= 15 is 0 Å². The Morgan fingerprint density at radius 3 is 2.89 bits per heavy atom. The molecule has 1 unspecified atom stereocenters. The maximum absolute atomic E-state index is 9.69. The quantitative estimate of drug-likeness (QED) is 0.323. The molecule has 0 aliphatic carbocycles. The summed E-state index contributed by atoms with van der Waals surface area (Å²) in [6.07, 6.45) is 1.65. The van der Waals surface area contributed by atoms with Crippen molar-refractivity contribution in [2.75, 3.05) is 19.8 Å². The molecular weight excluding hydrogens is 139 g/mol. The molecule has 0 aromatic carbocycles. The molecule has 0 heterocycles. The number of ether oxygens (including phenoxy) is 1. The normalized spacial score (nSPS) is 9.78. The maximum atomic E-state index is 9.69. The van der Waals surface area contributed by atoms with Gasteiger partial charge in [0.05, 0.1) is 13.2 Å². The molecule has 0 radical (unpaired) electrons. The van der Waals surface area contributed by atoms with Gasteiger partial charge in [-0.2, -0.15) is 0 Å². The fourth-order valence-corrected chi connectivity index (χ4v) is 0.476. The van der Waals surface area contributed by atoms with Gasteiger partial charge in [-0.15, -0.1) is 11.1 Å². The Morgan fingerprint density at radius 1 is 1.56 bits per heavy atom. The summed E-state index contributed by atoms with van der Waals surface area (Å²) in [7, 11) is -0.686. The smallest absolute Gasteiger partial charge is 0.375 e. The van der Waals surface area contributed by atoms with Gasteiger partial charge in [-0.05, 0) is 4.57 Å². The summed E-state index contributed by atoms with van der Waals surface area (Å²) < 4.78 is 19.1. The highest BCUT2D eigenvalue weighted by Crippen LogP contribution is 1.91. The fourth-order valence-electron chi connectivity index (χ4n) is 0.309. The van der Waals surface area contributed by atoms with E-state index in [4.69, 9.17) is 4.74 Å². The van der Waals surface area contributed by atoms with Crippen LogP contribution in [0.15, 0.2) is 12.7 Å². The van der Waals surface area contributed by atoms with Crippen LogP contribution in [0.1, 0.15) is 0 Å². The second-order valence-corrected chi connectivity index (χ2v) is 1.75. The monoisotopic (exact) mass is 149 g/mol. The highest BCUT2D eigenvalue weighted by Gasteiger charge is 1.89. The predicted molar refractivity (Wildman–Crippen MR) is 36.0 cm³/mol. The molecule has 0 aromatic heterocycles. The molecule has 0 fully saturated rings. The van der Waals surface area contributed by atoms with Gasteiger partial charge in [0.25, 0.3) is 0 Å². The Labute approximate surface area is 55.9 Å². The van der Waals surface area contributed by atoms with E-state index in [9.17, 15) is 4.57 Å². The van der Waals surface area contributed by atoms with E-state index in [0.29, 0.717) is 19.8 Å². The van der Waals surface area contributed by atoms with Crippen LogP contribution >= 0.6 is 8.69 Å². The molecule has 0 amide bonds. The minimum atomic E-state index is -0.686.